The lowest BCUT2D eigenvalue weighted by molar-refractivity contribution is -0.0693. The van der Waals surface area contributed by atoms with Gasteiger partial charge in [-0.1, -0.05) is 0 Å². The fourth-order valence-corrected chi connectivity index (χ4v) is 3.88. The molecule has 23 heavy (non-hydrogen) atoms. The Labute approximate surface area is 140 Å². The number of carbonyl (C=O) groups is 1. The first-order chi connectivity index (χ1) is 10.6. The predicted molar refractivity (Wildman–Crippen MR) is 90.5 cm³/mol. The van der Waals surface area contributed by atoms with Gasteiger partial charge < -0.3 is 25.0 Å². The van der Waals surface area contributed by atoms with E-state index in [-0.39, 0.29) is 29.9 Å². The number of urea groups is 1. The van der Waals surface area contributed by atoms with Gasteiger partial charge in [-0.15, -0.1) is 0 Å². The Bertz CT molecular complexity index is 417. The second-order valence-electron chi connectivity index (χ2n) is 8.09. The van der Waals surface area contributed by atoms with E-state index in [9.17, 15) is 4.79 Å². The number of likely N-dealkylation sites (tertiary alicyclic amines) is 1. The minimum Gasteiger partial charge on any atom is -0.395 e. The van der Waals surface area contributed by atoms with E-state index in [0.29, 0.717) is 12.6 Å². The molecule has 0 bridgehead atoms. The normalized spacial score (nSPS) is 27.4. The van der Waals surface area contributed by atoms with E-state index in [1.54, 1.807) is 0 Å². The van der Waals surface area contributed by atoms with Crippen molar-refractivity contribution in [2.45, 2.75) is 70.2 Å². The zero-order valence-corrected chi connectivity index (χ0v) is 15.3. The highest BCUT2D eigenvalue weighted by atomic mass is 16.5. The summed E-state index contributed by atoms with van der Waals surface area (Å²) in [5.74, 6) is 0. The number of hydrogen-bond acceptors (Lipinski definition) is 4. The highest BCUT2D eigenvalue weighted by Crippen LogP contribution is 2.37. The molecule has 2 aliphatic rings. The monoisotopic (exact) mass is 327 g/mol. The molecule has 2 N–H and O–H groups in total. The number of hydrogen-bond donors (Lipinski definition) is 2. The highest BCUT2D eigenvalue weighted by Gasteiger charge is 2.46. The maximum absolute atomic E-state index is 12.6. The molecule has 6 heteroatoms. The molecule has 2 saturated heterocycles. The van der Waals surface area contributed by atoms with Crippen LogP contribution in [0.15, 0.2) is 0 Å². The predicted octanol–water partition coefficient (Wildman–Crippen LogP) is 1.43. The fourth-order valence-electron chi connectivity index (χ4n) is 3.88. The van der Waals surface area contributed by atoms with Gasteiger partial charge in [-0.2, -0.15) is 0 Å². The average Bonchev–Trinajstić information content (AvgIpc) is 2.66. The molecule has 2 aliphatic heterocycles. The molecule has 2 amide bonds. The number of nitrogens with zero attached hydrogens (tertiary/aromatic N) is 2. The molecule has 0 radical (unpaired) electrons. The molecule has 2 heterocycles. The van der Waals surface area contributed by atoms with E-state index < -0.39 is 0 Å². The van der Waals surface area contributed by atoms with Crippen LogP contribution in [0, 0.1) is 0 Å². The molecule has 2 fully saturated rings. The molecule has 2 rings (SSSR count). The third-order valence-corrected chi connectivity index (χ3v) is 5.20. The molecular formula is C17H33N3O3. The lowest BCUT2D eigenvalue weighted by Gasteiger charge is -2.37. The standard InChI is InChI=1S/C17H33N3O3/c1-16(2)12-14(17(3,4)23-16)18-15(22)20-8-6-13(7-9-20)19(5)10-11-21/h13-14,21H,6-12H2,1-5H3,(H,18,22). The number of nitrogens with one attached hydrogen (secondary N) is 1. The van der Waals surface area contributed by atoms with Crippen LogP contribution in [0.1, 0.15) is 47.0 Å². The molecule has 0 aromatic rings. The van der Waals surface area contributed by atoms with E-state index in [2.05, 4.69) is 24.1 Å². The molecule has 1 atom stereocenters. The number of likely N-dealkylation sites (N-methyl/N-ethyl adjacent to an activating group) is 1. The summed E-state index contributed by atoms with van der Waals surface area (Å²) in [6.07, 6.45) is 2.75. The summed E-state index contributed by atoms with van der Waals surface area (Å²) in [6, 6.07) is 0.517. The van der Waals surface area contributed by atoms with Gasteiger partial charge in [-0.25, -0.2) is 4.79 Å². The van der Waals surface area contributed by atoms with E-state index in [1.165, 1.54) is 0 Å². The van der Waals surface area contributed by atoms with Gasteiger partial charge in [0.15, 0.2) is 0 Å². The van der Waals surface area contributed by atoms with Crippen LogP contribution in [0.2, 0.25) is 0 Å². The molecule has 6 nitrogen and oxygen atoms in total. The summed E-state index contributed by atoms with van der Waals surface area (Å²) in [7, 11) is 2.04. The second-order valence-corrected chi connectivity index (χ2v) is 8.09. The Kier molecular flexibility index (Phi) is 5.59. The lowest BCUT2D eigenvalue weighted by atomic mass is 9.94. The molecule has 0 saturated carbocycles. The van der Waals surface area contributed by atoms with Crippen molar-refractivity contribution in [3.8, 4) is 0 Å². The SMILES string of the molecule is CN(CCO)C1CCN(C(=O)NC2CC(C)(C)OC2(C)C)CC1. The first-order valence-electron chi connectivity index (χ1n) is 8.71. The van der Waals surface area contributed by atoms with Crippen molar-refractivity contribution < 1.29 is 14.6 Å². The Morgan fingerprint density at radius 2 is 1.91 bits per heavy atom. The van der Waals surface area contributed by atoms with Crippen LogP contribution in [0.4, 0.5) is 4.79 Å². The van der Waals surface area contributed by atoms with Gasteiger partial charge in [0, 0.05) is 25.7 Å². The molecule has 0 aliphatic carbocycles. The van der Waals surface area contributed by atoms with Gasteiger partial charge in [-0.05, 0) is 54.0 Å². The molecule has 1 unspecified atom stereocenters. The Morgan fingerprint density at radius 1 is 1.30 bits per heavy atom. The molecule has 0 aromatic heterocycles. The topological polar surface area (TPSA) is 65.0 Å². The van der Waals surface area contributed by atoms with Gasteiger partial charge in [0.2, 0.25) is 0 Å². The van der Waals surface area contributed by atoms with E-state index in [4.69, 9.17) is 9.84 Å². The first-order valence-corrected chi connectivity index (χ1v) is 8.71. The van der Waals surface area contributed by atoms with Crippen molar-refractivity contribution in [2.75, 3.05) is 33.3 Å². The summed E-state index contributed by atoms with van der Waals surface area (Å²) in [6.45, 7) is 10.6. The summed E-state index contributed by atoms with van der Waals surface area (Å²) in [5, 5.41) is 12.2. The van der Waals surface area contributed by atoms with Gasteiger partial charge in [0.05, 0.1) is 23.9 Å². The number of aliphatic hydroxyl groups excluding tert-OH is 1. The Hall–Kier alpha value is -0.850. The summed E-state index contributed by atoms with van der Waals surface area (Å²) in [4.78, 5) is 16.7. The zero-order valence-electron chi connectivity index (χ0n) is 15.3. The Morgan fingerprint density at radius 3 is 2.39 bits per heavy atom. The number of rotatable bonds is 4. The van der Waals surface area contributed by atoms with Crippen molar-refractivity contribution in [3.05, 3.63) is 0 Å². The summed E-state index contributed by atoms with van der Waals surface area (Å²) in [5.41, 5.74) is -0.528. The van der Waals surface area contributed by atoms with Crippen molar-refractivity contribution in [3.63, 3.8) is 0 Å². The van der Waals surface area contributed by atoms with E-state index in [0.717, 1.165) is 32.4 Å². The number of aliphatic hydroxyl groups is 1. The molecule has 0 aromatic carbocycles. The number of ether oxygens (including phenoxy) is 1. The van der Waals surface area contributed by atoms with Crippen molar-refractivity contribution in [1.29, 1.82) is 0 Å². The van der Waals surface area contributed by atoms with Gasteiger partial charge >= 0.3 is 6.03 Å². The van der Waals surface area contributed by atoms with Crippen LogP contribution in [-0.4, -0.2) is 77.5 Å². The van der Waals surface area contributed by atoms with Gasteiger partial charge in [0.1, 0.15) is 0 Å². The van der Waals surface area contributed by atoms with Crippen LogP contribution in [0.25, 0.3) is 0 Å². The van der Waals surface area contributed by atoms with Crippen LogP contribution in [-0.2, 0) is 4.74 Å². The lowest BCUT2D eigenvalue weighted by Crippen LogP contribution is -2.54. The van der Waals surface area contributed by atoms with E-state index in [1.807, 2.05) is 25.8 Å². The van der Waals surface area contributed by atoms with Crippen molar-refractivity contribution in [1.82, 2.24) is 15.1 Å². The highest BCUT2D eigenvalue weighted by molar-refractivity contribution is 5.74. The third-order valence-electron chi connectivity index (χ3n) is 5.20. The fraction of sp³-hybridized carbons (Fsp3) is 0.941. The first kappa shape index (κ1) is 18.5. The number of carbonyl (C=O) groups excluding carboxylic acids is 1. The maximum atomic E-state index is 12.6. The number of amides is 2. The largest absolute Gasteiger partial charge is 0.395 e. The van der Waals surface area contributed by atoms with Crippen molar-refractivity contribution in [2.24, 2.45) is 0 Å². The summed E-state index contributed by atoms with van der Waals surface area (Å²) < 4.78 is 6.05. The average molecular weight is 327 g/mol. The third kappa shape index (κ3) is 4.58. The minimum atomic E-state index is -0.334. The van der Waals surface area contributed by atoms with Crippen LogP contribution in [0.5, 0.6) is 0 Å². The van der Waals surface area contributed by atoms with E-state index >= 15 is 0 Å². The molecular weight excluding hydrogens is 294 g/mol. The van der Waals surface area contributed by atoms with Crippen LogP contribution >= 0.6 is 0 Å². The Balaban J connectivity index is 1.84. The van der Waals surface area contributed by atoms with Crippen LogP contribution in [0.3, 0.4) is 0 Å². The molecule has 134 valence electrons. The summed E-state index contributed by atoms with van der Waals surface area (Å²) >= 11 is 0. The van der Waals surface area contributed by atoms with Crippen molar-refractivity contribution >= 4 is 6.03 Å². The van der Waals surface area contributed by atoms with Crippen LogP contribution < -0.4 is 5.32 Å². The minimum absolute atomic E-state index is 0.0210. The number of piperidine rings is 1. The quantitative estimate of drug-likeness (QED) is 0.820. The smallest absolute Gasteiger partial charge is 0.317 e. The van der Waals surface area contributed by atoms with Gasteiger partial charge in [0.25, 0.3) is 0 Å². The molecule has 0 spiro atoms. The van der Waals surface area contributed by atoms with Gasteiger partial charge in [-0.3, -0.25) is 0 Å². The zero-order chi connectivity index (χ0) is 17.3. The maximum Gasteiger partial charge on any atom is 0.317 e. The second kappa shape index (κ2) is 6.95.